The molecule has 226 valence electrons. The Morgan fingerprint density at radius 1 is 0.953 bits per heavy atom. The molecule has 0 saturated carbocycles. The molecule has 1 amide bonds. The fourth-order valence-electron chi connectivity index (χ4n) is 5.08. The van der Waals surface area contributed by atoms with E-state index in [-0.39, 0.29) is 5.57 Å². The van der Waals surface area contributed by atoms with E-state index in [4.69, 9.17) is 19.2 Å². The molecule has 0 bridgehead atoms. The molecule has 9 nitrogen and oxygen atoms in total. The maximum atomic E-state index is 14.1. The third kappa shape index (κ3) is 6.09. The molecule has 1 atom stereocenters. The van der Waals surface area contributed by atoms with E-state index in [9.17, 15) is 14.7 Å². The van der Waals surface area contributed by atoms with Crippen LogP contribution in [-0.4, -0.2) is 46.6 Å². The van der Waals surface area contributed by atoms with Gasteiger partial charge in [0.15, 0.2) is 22.4 Å². The summed E-state index contributed by atoms with van der Waals surface area (Å²) in [6, 6.07) is 9.95. The van der Waals surface area contributed by atoms with Gasteiger partial charge in [-0.05, 0) is 70.0 Å². The largest absolute Gasteiger partial charge is 0.503 e. The number of fused-ring (bicyclic) bond motifs is 1. The van der Waals surface area contributed by atoms with Gasteiger partial charge in [0.25, 0.3) is 5.91 Å². The average molecular weight is 622 g/mol. The molecular weight excluding hydrogens is 587 g/mol. The molecule has 1 N–H and O–H groups in total. The van der Waals surface area contributed by atoms with Crippen LogP contribution in [0.25, 0.3) is 10.2 Å². The predicted molar refractivity (Wildman–Crippen MR) is 169 cm³/mol. The number of ketones is 1. The molecule has 1 unspecified atom stereocenters. The Morgan fingerprint density at radius 3 is 2.44 bits per heavy atom. The van der Waals surface area contributed by atoms with Crippen LogP contribution in [0.1, 0.15) is 72.0 Å². The van der Waals surface area contributed by atoms with Gasteiger partial charge in [0.05, 0.1) is 57.2 Å². The van der Waals surface area contributed by atoms with Crippen molar-refractivity contribution in [3.63, 3.8) is 0 Å². The Bertz CT molecular complexity index is 1690. The molecular formula is C32H35N3O6S2. The molecule has 0 aliphatic carbocycles. The Balaban J connectivity index is 1.62. The molecule has 3 heterocycles. The quantitative estimate of drug-likeness (QED) is 0.121. The fraction of sp³-hybridized carbons (Fsp3) is 0.375. The Morgan fingerprint density at radius 2 is 1.74 bits per heavy atom. The number of thiazole rings is 2. The molecule has 11 heteroatoms. The molecule has 2 aromatic carbocycles. The number of carbonyl (C=O) groups is 2. The number of unbranched alkanes of at least 4 members (excludes halogenated alkanes) is 2. The lowest BCUT2D eigenvalue weighted by Crippen LogP contribution is -2.31. The second kappa shape index (κ2) is 13.1. The molecule has 2 aromatic heterocycles. The van der Waals surface area contributed by atoms with E-state index in [1.54, 1.807) is 25.1 Å². The smallest absolute Gasteiger partial charge is 0.296 e. The Labute approximate surface area is 258 Å². The number of aryl methyl sites for hydroxylation is 2. The first-order valence-electron chi connectivity index (χ1n) is 14.5. The first-order chi connectivity index (χ1) is 20.8. The zero-order valence-corrected chi connectivity index (χ0v) is 26.6. The number of carbonyl (C=O) groups excluding carboxylic acids is 2. The zero-order valence-electron chi connectivity index (χ0n) is 24.9. The van der Waals surface area contributed by atoms with Crippen LogP contribution < -0.4 is 19.1 Å². The van der Waals surface area contributed by atoms with Gasteiger partial charge in [-0.3, -0.25) is 14.5 Å². The molecule has 0 fully saturated rings. The standard InChI is InChI=1S/C32H35N3O6S2/c1-6-9-10-15-41-23-14-11-20(16-24(23)40-8-3)27-26(28(36)30-18(4)33-19(5)42-30)29(37)31(38)35(27)32-34-22-13-12-21(39-7-2)17-25(22)43-32/h11-14,16-17,27,37H,6-10,15H2,1-5H3. The van der Waals surface area contributed by atoms with Gasteiger partial charge in [0.1, 0.15) is 5.75 Å². The van der Waals surface area contributed by atoms with Crippen LogP contribution in [0.3, 0.4) is 0 Å². The van der Waals surface area contributed by atoms with Gasteiger partial charge in [0.2, 0.25) is 5.78 Å². The minimum atomic E-state index is -0.956. The number of hydrogen-bond acceptors (Lipinski definition) is 10. The highest BCUT2D eigenvalue weighted by atomic mass is 32.1. The minimum absolute atomic E-state index is 0.0231. The Hall–Kier alpha value is -3.96. The van der Waals surface area contributed by atoms with Crippen LogP contribution in [0.2, 0.25) is 0 Å². The summed E-state index contributed by atoms with van der Waals surface area (Å²) in [5.74, 6) is 0.0210. The summed E-state index contributed by atoms with van der Waals surface area (Å²) in [5, 5.41) is 12.4. The summed E-state index contributed by atoms with van der Waals surface area (Å²) in [5.41, 5.74) is 1.78. The van der Waals surface area contributed by atoms with Crippen molar-refractivity contribution in [1.82, 2.24) is 9.97 Å². The SMILES string of the molecule is CCCCCOc1ccc(C2C(C(=O)c3sc(C)nc3C)=C(O)C(=O)N2c2nc3ccc(OCC)cc3s2)cc1OCC. The highest BCUT2D eigenvalue weighted by Gasteiger charge is 2.46. The van der Waals surface area contributed by atoms with Gasteiger partial charge >= 0.3 is 0 Å². The highest BCUT2D eigenvalue weighted by Crippen LogP contribution is 2.46. The number of amides is 1. The molecule has 0 saturated heterocycles. The molecule has 43 heavy (non-hydrogen) atoms. The van der Waals surface area contributed by atoms with Gasteiger partial charge in [-0.15, -0.1) is 11.3 Å². The van der Waals surface area contributed by atoms with E-state index >= 15 is 0 Å². The van der Waals surface area contributed by atoms with E-state index in [2.05, 4.69) is 11.9 Å². The van der Waals surface area contributed by atoms with Crippen molar-refractivity contribution in [2.45, 2.75) is 59.9 Å². The number of ether oxygens (including phenoxy) is 3. The van der Waals surface area contributed by atoms with E-state index < -0.39 is 23.5 Å². The molecule has 5 rings (SSSR count). The topological polar surface area (TPSA) is 111 Å². The van der Waals surface area contributed by atoms with E-state index in [0.29, 0.717) is 63.9 Å². The lowest BCUT2D eigenvalue weighted by atomic mass is 9.95. The molecule has 0 spiro atoms. The van der Waals surface area contributed by atoms with Crippen molar-refractivity contribution >= 4 is 49.7 Å². The lowest BCUT2D eigenvalue weighted by molar-refractivity contribution is -0.117. The molecule has 4 aromatic rings. The van der Waals surface area contributed by atoms with Crippen LogP contribution in [0, 0.1) is 13.8 Å². The van der Waals surface area contributed by atoms with Crippen molar-refractivity contribution in [2.75, 3.05) is 24.7 Å². The summed E-state index contributed by atoms with van der Waals surface area (Å²) in [6.45, 7) is 11.0. The van der Waals surface area contributed by atoms with Crippen molar-refractivity contribution in [1.29, 1.82) is 0 Å². The van der Waals surface area contributed by atoms with Gasteiger partial charge in [-0.1, -0.05) is 37.2 Å². The van der Waals surface area contributed by atoms with Gasteiger partial charge in [0, 0.05) is 0 Å². The number of nitrogens with zero attached hydrogens (tertiary/aromatic N) is 3. The number of anilines is 1. The Kier molecular flexibility index (Phi) is 9.31. The zero-order chi connectivity index (χ0) is 30.7. The summed E-state index contributed by atoms with van der Waals surface area (Å²) in [4.78, 5) is 38.8. The van der Waals surface area contributed by atoms with Crippen LogP contribution >= 0.6 is 22.7 Å². The summed E-state index contributed by atoms with van der Waals surface area (Å²) >= 11 is 2.52. The summed E-state index contributed by atoms with van der Waals surface area (Å²) in [6.07, 6.45) is 3.05. The predicted octanol–water partition coefficient (Wildman–Crippen LogP) is 7.52. The van der Waals surface area contributed by atoms with Gasteiger partial charge in [-0.2, -0.15) is 0 Å². The van der Waals surface area contributed by atoms with Gasteiger partial charge < -0.3 is 19.3 Å². The fourth-order valence-corrected chi connectivity index (χ4v) is 6.98. The monoisotopic (exact) mass is 621 g/mol. The second-order valence-electron chi connectivity index (χ2n) is 10.1. The van der Waals surface area contributed by atoms with Crippen molar-refractivity contribution in [2.24, 2.45) is 0 Å². The summed E-state index contributed by atoms with van der Waals surface area (Å²) in [7, 11) is 0. The molecule has 1 aliphatic heterocycles. The minimum Gasteiger partial charge on any atom is -0.503 e. The summed E-state index contributed by atoms with van der Waals surface area (Å²) < 4.78 is 18.4. The van der Waals surface area contributed by atoms with Crippen molar-refractivity contribution in [3.05, 3.63) is 68.9 Å². The van der Waals surface area contributed by atoms with E-state index in [0.717, 1.165) is 29.0 Å². The highest BCUT2D eigenvalue weighted by molar-refractivity contribution is 7.22. The number of hydrogen-bond donors (Lipinski definition) is 1. The van der Waals surface area contributed by atoms with Crippen molar-refractivity contribution in [3.8, 4) is 17.2 Å². The first kappa shape index (κ1) is 30.5. The van der Waals surface area contributed by atoms with Crippen LogP contribution in [0.5, 0.6) is 17.2 Å². The number of aliphatic hydroxyl groups excluding tert-OH is 1. The number of aromatic nitrogens is 2. The molecule has 0 radical (unpaired) electrons. The van der Waals surface area contributed by atoms with Crippen LogP contribution in [-0.2, 0) is 4.79 Å². The first-order valence-corrected chi connectivity index (χ1v) is 16.1. The third-order valence-electron chi connectivity index (χ3n) is 7.02. The normalized spacial score (nSPS) is 15.0. The molecule has 1 aliphatic rings. The number of Topliss-reactive ketones (excluding diaryl/α,β-unsaturated/α-hetero) is 1. The maximum Gasteiger partial charge on any atom is 0.296 e. The van der Waals surface area contributed by atoms with E-state index in [1.807, 2.05) is 39.0 Å². The number of benzene rings is 2. The number of aliphatic hydroxyl groups is 1. The lowest BCUT2D eigenvalue weighted by Gasteiger charge is -2.25. The van der Waals surface area contributed by atoms with E-state index in [1.165, 1.54) is 27.6 Å². The maximum absolute atomic E-state index is 14.1. The van der Waals surface area contributed by atoms with Crippen LogP contribution in [0.4, 0.5) is 5.13 Å². The number of rotatable bonds is 13. The third-order valence-corrected chi connectivity index (χ3v) is 9.11. The second-order valence-corrected chi connectivity index (χ2v) is 12.3. The van der Waals surface area contributed by atoms with Crippen LogP contribution in [0.15, 0.2) is 47.7 Å². The average Bonchev–Trinajstić information content (AvgIpc) is 3.64. The van der Waals surface area contributed by atoms with Crippen molar-refractivity contribution < 1.29 is 28.9 Å². The van der Waals surface area contributed by atoms with Gasteiger partial charge in [-0.25, -0.2) is 9.97 Å².